The number of carbonyl (C=O) groups is 2. The highest BCUT2D eigenvalue weighted by atomic mass is 16.6. The van der Waals surface area contributed by atoms with Gasteiger partial charge in [-0.2, -0.15) is 0 Å². The third kappa shape index (κ3) is 4.97. The Hall–Kier alpha value is -4.86. The molecule has 1 heterocycles. The number of benzene rings is 3. The number of rotatable bonds is 8. The SMILES string of the molecule is COC(=O)C1=C(c2ccccc2)NC(=O)NC1c1cc(OC)c(OCc2ccccc2)c([N+](=O)[O-])c1. The standard InChI is InChI=1S/C26H23N3O7/c1-34-20-14-18(13-19(29(32)33)24(20)36-15-16-9-5-3-6-10-16)23-21(25(30)35-2)22(27-26(31)28-23)17-11-7-4-8-12-17/h3-14,23H,15H2,1-2H3,(H2,27,28,31). The van der Waals surface area contributed by atoms with Crippen molar-refractivity contribution in [3.63, 3.8) is 0 Å². The van der Waals surface area contributed by atoms with Crippen LogP contribution in [0.5, 0.6) is 11.5 Å². The van der Waals surface area contributed by atoms with Gasteiger partial charge in [-0.1, -0.05) is 60.7 Å². The van der Waals surface area contributed by atoms with Gasteiger partial charge in [0.25, 0.3) is 0 Å². The average molecular weight is 489 g/mol. The number of hydrogen-bond donors (Lipinski definition) is 2. The summed E-state index contributed by atoms with van der Waals surface area (Å²) in [7, 11) is 2.57. The summed E-state index contributed by atoms with van der Waals surface area (Å²) in [5.41, 5.74) is 1.57. The molecule has 0 saturated carbocycles. The number of hydrogen-bond acceptors (Lipinski definition) is 7. The molecular formula is C26H23N3O7. The maximum atomic E-state index is 12.9. The van der Waals surface area contributed by atoms with Gasteiger partial charge in [-0.05, 0) is 22.8 Å². The van der Waals surface area contributed by atoms with Crippen molar-refractivity contribution < 1.29 is 28.7 Å². The Balaban J connectivity index is 1.83. The monoisotopic (exact) mass is 489 g/mol. The van der Waals surface area contributed by atoms with E-state index < -0.39 is 23.0 Å². The van der Waals surface area contributed by atoms with Crippen molar-refractivity contribution in [3.05, 3.63) is 105 Å². The Morgan fingerprint density at radius 1 is 1.03 bits per heavy atom. The lowest BCUT2D eigenvalue weighted by Crippen LogP contribution is -2.45. The molecule has 0 fully saturated rings. The number of ether oxygens (including phenoxy) is 3. The van der Waals surface area contributed by atoms with E-state index in [1.807, 2.05) is 30.3 Å². The number of amides is 2. The molecule has 1 aliphatic rings. The molecular weight excluding hydrogens is 466 g/mol. The molecule has 0 aromatic heterocycles. The number of nitrogens with zero attached hydrogens (tertiary/aromatic N) is 1. The lowest BCUT2D eigenvalue weighted by molar-refractivity contribution is -0.386. The minimum Gasteiger partial charge on any atom is -0.493 e. The first-order chi connectivity index (χ1) is 17.4. The van der Waals surface area contributed by atoms with E-state index in [2.05, 4.69) is 10.6 Å². The van der Waals surface area contributed by atoms with Gasteiger partial charge in [0, 0.05) is 6.07 Å². The van der Waals surface area contributed by atoms with Gasteiger partial charge in [0.1, 0.15) is 6.61 Å². The topological polar surface area (TPSA) is 129 Å². The quantitative estimate of drug-likeness (QED) is 0.277. The minimum atomic E-state index is -1.06. The van der Waals surface area contributed by atoms with Crippen molar-refractivity contribution >= 4 is 23.4 Å². The predicted octanol–water partition coefficient (Wildman–Crippen LogP) is 4.12. The van der Waals surface area contributed by atoms with E-state index in [1.165, 1.54) is 26.4 Å². The molecule has 1 unspecified atom stereocenters. The van der Waals surface area contributed by atoms with Crippen molar-refractivity contribution in [2.24, 2.45) is 0 Å². The van der Waals surface area contributed by atoms with Gasteiger partial charge in [-0.15, -0.1) is 0 Å². The Morgan fingerprint density at radius 2 is 1.69 bits per heavy atom. The molecule has 0 bridgehead atoms. The van der Waals surface area contributed by atoms with E-state index in [9.17, 15) is 19.7 Å². The summed E-state index contributed by atoms with van der Waals surface area (Å²) < 4.78 is 16.2. The number of nitro groups is 1. The van der Waals surface area contributed by atoms with E-state index in [0.29, 0.717) is 5.56 Å². The largest absolute Gasteiger partial charge is 0.493 e. The van der Waals surface area contributed by atoms with Crippen LogP contribution in [0.3, 0.4) is 0 Å². The van der Waals surface area contributed by atoms with E-state index in [1.54, 1.807) is 30.3 Å². The Morgan fingerprint density at radius 3 is 2.31 bits per heavy atom. The molecule has 0 saturated heterocycles. The third-order valence-corrected chi connectivity index (χ3v) is 5.57. The van der Waals surface area contributed by atoms with Crippen molar-refractivity contribution in [3.8, 4) is 11.5 Å². The molecule has 184 valence electrons. The van der Waals surface area contributed by atoms with Crippen molar-refractivity contribution in [1.29, 1.82) is 0 Å². The van der Waals surface area contributed by atoms with Crippen LogP contribution >= 0.6 is 0 Å². The summed E-state index contributed by atoms with van der Waals surface area (Å²) in [5, 5.41) is 17.3. The van der Waals surface area contributed by atoms with Gasteiger partial charge in [0.05, 0.1) is 36.5 Å². The van der Waals surface area contributed by atoms with Crippen LogP contribution in [0.2, 0.25) is 0 Å². The Labute approximate surface area is 206 Å². The average Bonchev–Trinajstić information content (AvgIpc) is 2.91. The maximum Gasteiger partial charge on any atom is 0.338 e. The second kappa shape index (κ2) is 10.6. The van der Waals surface area contributed by atoms with Gasteiger partial charge >= 0.3 is 17.7 Å². The molecule has 10 heteroatoms. The van der Waals surface area contributed by atoms with Gasteiger partial charge in [-0.3, -0.25) is 10.1 Å². The van der Waals surface area contributed by atoms with Gasteiger partial charge in [0.15, 0.2) is 5.75 Å². The van der Waals surface area contributed by atoms with Crippen LogP contribution in [-0.2, 0) is 16.1 Å². The zero-order valence-corrected chi connectivity index (χ0v) is 19.5. The molecule has 3 aromatic carbocycles. The second-order valence-corrected chi connectivity index (χ2v) is 7.78. The highest BCUT2D eigenvalue weighted by molar-refractivity contribution is 6.04. The second-order valence-electron chi connectivity index (χ2n) is 7.78. The van der Waals surface area contributed by atoms with Crippen molar-refractivity contribution in [2.75, 3.05) is 14.2 Å². The van der Waals surface area contributed by atoms with Crippen LogP contribution in [-0.4, -0.2) is 31.1 Å². The molecule has 4 rings (SSSR count). The smallest absolute Gasteiger partial charge is 0.338 e. The lowest BCUT2D eigenvalue weighted by Gasteiger charge is -2.29. The molecule has 2 amide bonds. The van der Waals surface area contributed by atoms with Crippen LogP contribution in [0.1, 0.15) is 22.7 Å². The highest BCUT2D eigenvalue weighted by Gasteiger charge is 2.36. The first-order valence-electron chi connectivity index (χ1n) is 10.9. The molecule has 0 spiro atoms. The number of carbonyl (C=O) groups excluding carboxylic acids is 2. The van der Waals surface area contributed by atoms with Crippen LogP contribution in [0.4, 0.5) is 10.5 Å². The third-order valence-electron chi connectivity index (χ3n) is 5.57. The van der Waals surface area contributed by atoms with E-state index >= 15 is 0 Å². The molecule has 2 N–H and O–H groups in total. The lowest BCUT2D eigenvalue weighted by atomic mass is 9.92. The number of urea groups is 1. The highest BCUT2D eigenvalue weighted by Crippen LogP contribution is 2.42. The molecule has 0 aliphatic carbocycles. The first-order valence-corrected chi connectivity index (χ1v) is 10.9. The number of esters is 1. The fourth-order valence-corrected chi connectivity index (χ4v) is 3.91. The molecule has 1 atom stereocenters. The normalized spacial score (nSPS) is 14.9. The van der Waals surface area contributed by atoms with Crippen LogP contribution in [0, 0.1) is 10.1 Å². The van der Waals surface area contributed by atoms with Gasteiger partial charge in [-0.25, -0.2) is 9.59 Å². The predicted molar refractivity (Wildman–Crippen MR) is 130 cm³/mol. The van der Waals surface area contributed by atoms with E-state index in [4.69, 9.17) is 14.2 Å². The van der Waals surface area contributed by atoms with Gasteiger partial charge in [0.2, 0.25) is 5.75 Å². The fourth-order valence-electron chi connectivity index (χ4n) is 3.91. The summed E-state index contributed by atoms with van der Waals surface area (Å²) in [6, 6.07) is 19.0. The summed E-state index contributed by atoms with van der Waals surface area (Å²) in [6.07, 6.45) is 0. The zero-order chi connectivity index (χ0) is 25.7. The Kier molecular flexibility index (Phi) is 7.15. The minimum absolute atomic E-state index is 0.0674. The van der Waals surface area contributed by atoms with Gasteiger partial charge < -0.3 is 24.8 Å². The first kappa shape index (κ1) is 24.3. The van der Waals surface area contributed by atoms with Crippen molar-refractivity contribution in [1.82, 2.24) is 10.6 Å². The Bertz CT molecular complexity index is 1320. The maximum absolute atomic E-state index is 12.9. The summed E-state index contributed by atoms with van der Waals surface area (Å²) >= 11 is 0. The molecule has 10 nitrogen and oxygen atoms in total. The van der Waals surface area contributed by atoms with Crippen molar-refractivity contribution in [2.45, 2.75) is 12.6 Å². The molecule has 3 aromatic rings. The molecule has 36 heavy (non-hydrogen) atoms. The van der Waals surface area contributed by atoms with Crippen LogP contribution < -0.4 is 20.1 Å². The van der Waals surface area contributed by atoms with Crippen LogP contribution in [0.15, 0.2) is 78.4 Å². The van der Waals surface area contributed by atoms with E-state index in [0.717, 1.165) is 5.56 Å². The summed E-state index contributed by atoms with van der Waals surface area (Å²) in [5.74, 6) is -0.701. The fraction of sp³-hybridized carbons (Fsp3) is 0.154. The number of methoxy groups -OCH3 is 2. The van der Waals surface area contributed by atoms with E-state index in [-0.39, 0.29) is 40.6 Å². The van der Waals surface area contributed by atoms with Crippen LogP contribution in [0.25, 0.3) is 5.70 Å². The zero-order valence-electron chi connectivity index (χ0n) is 19.5. The number of nitro benzene ring substituents is 1. The number of nitrogens with one attached hydrogen (secondary N) is 2. The summed E-state index contributed by atoms with van der Waals surface area (Å²) in [6.45, 7) is 0.0763. The molecule has 1 aliphatic heterocycles. The molecule has 0 radical (unpaired) electrons. The summed E-state index contributed by atoms with van der Waals surface area (Å²) in [4.78, 5) is 36.9.